The Morgan fingerprint density at radius 1 is 1.00 bits per heavy atom. The lowest BCUT2D eigenvalue weighted by atomic mass is 10.0. The van der Waals surface area contributed by atoms with Crippen LogP contribution in [0.15, 0.2) is 59.1 Å². The topological polar surface area (TPSA) is 78.7 Å². The third-order valence-corrected chi connectivity index (χ3v) is 9.36. The molecule has 2 aliphatic heterocycles. The Hall–Kier alpha value is -3.16. The molecule has 40 heavy (non-hydrogen) atoms. The third kappa shape index (κ3) is 5.54. The van der Waals surface area contributed by atoms with Crippen LogP contribution in [0.4, 0.5) is 0 Å². The van der Waals surface area contributed by atoms with Crippen LogP contribution in [0.25, 0.3) is 11.3 Å². The highest BCUT2D eigenvalue weighted by atomic mass is 35.5. The predicted molar refractivity (Wildman–Crippen MR) is 155 cm³/mol. The summed E-state index contributed by atoms with van der Waals surface area (Å²) in [4.78, 5) is 31.1. The maximum Gasteiger partial charge on any atom is 0.259 e. The van der Waals surface area contributed by atoms with Crippen molar-refractivity contribution in [2.24, 2.45) is 17.8 Å². The Morgan fingerprint density at radius 2 is 1.68 bits per heavy atom. The zero-order valence-corrected chi connectivity index (χ0v) is 23.8. The van der Waals surface area contributed by atoms with Crippen molar-refractivity contribution in [1.29, 1.82) is 0 Å². The molecule has 3 fully saturated rings. The van der Waals surface area contributed by atoms with Crippen molar-refractivity contribution in [2.75, 3.05) is 32.7 Å². The zero-order valence-electron chi connectivity index (χ0n) is 23.0. The summed E-state index contributed by atoms with van der Waals surface area (Å²) in [6.07, 6.45) is 5.20. The highest BCUT2D eigenvalue weighted by molar-refractivity contribution is 6.33. The maximum atomic E-state index is 13.7. The van der Waals surface area contributed by atoms with Crippen LogP contribution in [0.2, 0.25) is 5.02 Å². The van der Waals surface area contributed by atoms with Gasteiger partial charge in [-0.2, -0.15) is 0 Å². The van der Waals surface area contributed by atoms with Crippen LogP contribution in [0.3, 0.4) is 0 Å². The molecular weight excluding hydrogens is 524 g/mol. The normalized spacial score (nSPS) is 22.0. The van der Waals surface area contributed by atoms with Gasteiger partial charge in [0.15, 0.2) is 0 Å². The SMILES string of the molecule is Cc1onc(-c2ccccc2Cl)c1C(=O)N1CC2CN(CCC(NC(=O)C3CCCC3)c3ccccc3)C[C@H]2C1. The van der Waals surface area contributed by atoms with Crippen LogP contribution in [-0.4, -0.2) is 59.5 Å². The summed E-state index contributed by atoms with van der Waals surface area (Å²) in [5.41, 5.74) is 2.90. The minimum absolute atomic E-state index is 0.0209. The van der Waals surface area contributed by atoms with Crippen molar-refractivity contribution in [3.8, 4) is 11.3 Å². The Labute approximate surface area is 240 Å². The summed E-state index contributed by atoms with van der Waals surface area (Å²) in [7, 11) is 0. The number of hydrogen-bond donors (Lipinski definition) is 1. The van der Waals surface area contributed by atoms with Gasteiger partial charge in [0.2, 0.25) is 5.91 Å². The number of carbonyl (C=O) groups excluding carboxylic acids is 2. The molecule has 6 rings (SSSR count). The molecule has 0 spiro atoms. The van der Waals surface area contributed by atoms with Crippen molar-refractivity contribution in [1.82, 2.24) is 20.3 Å². The number of amides is 2. The number of hydrogen-bond acceptors (Lipinski definition) is 5. The molecule has 1 N–H and O–H groups in total. The van der Waals surface area contributed by atoms with Gasteiger partial charge in [-0.15, -0.1) is 0 Å². The Balaban J connectivity index is 1.07. The number of likely N-dealkylation sites (tertiary alicyclic amines) is 2. The van der Waals surface area contributed by atoms with Crippen molar-refractivity contribution in [3.05, 3.63) is 76.5 Å². The minimum Gasteiger partial charge on any atom is -0.360 e. The van der Waals surface area contributed by atoms with E-state index in [-0.39, 0.29) is 23.8 Å². The summed E-state index contributed by atoms with van der Waals surface area (Å²) in [5.74, 6) is 1.73. The standard InChI is InChI=1S/C32H37ClN4O3/c1-21-29(30(35-40-21)26-13-7-8-14-27(26)33)32(39)37-19-24-17-36(18-25(24)20-37)16-15-28(22-9-3-2-4-10-22)34-31(38)23-11-5-6-12-23/h2-4,7-10,13-14,23-25,28H,5-6,11-12,15-20H2,1H3,(H,34,38)/t24-,25?,28?/m0/s1. The number of carbonyl (C=O) groups is 2. The molecule has 3 aromatic rings. The molecule has 1 aliphatic carbocycles. The first-order valence-corrected chi connectivity index (χ1v) is 14.9. The van der Waals surface area contributed by atoms with E-state index in [1.165, 1.54) is 5.56 Å². The average molecular weight is 561 g/mol. The first kappa shape index (κ1) is 27.0. The van der Waals surface area contributed by atoms with E-state index in [9.17, 15) is 9.59 Å². The molecule has 7 nitrogen and oxygen atoms in total. The number of fused-ring (bicyclic) bond motifs is 1. The highest BCUT2D eigenvalue weighted by Crippen LogP contribution is 2.36. The molecular formula is C32H37ClN4O3. The van der Waals surface area contributed by atoms with Crippen molar-refractivity contribution in [2.45, 2.75) is 45.1 Å². The fourth-order valence-electron chi connectivity index (χ4n) is 6.85. The summed E-state index contributed by atoms with van der Waals surface area (Å²) in [5, 5.41) is 8.11. The van der Waals surface area contributed by atoms with Gasteiger partial charge in [-0.3, -0.25) is 9.59 Å². The van der Waals surface area contributed by atoms with Gasteiger partial charge in [0.25, 0.3) is 5.91 Å². The van der Waals surface area contributed by atoms with Gasteiger partial charge in [-0.05, 0) is 49.7 Å². The second kappa shape index (κ2) is 11.8. The van der Waals surface area contributed by atoms with Gasteiger partial charge in [-0.25, -0.2) is 0 Å². The van der Waals surface area contributed by atoms with Crippen molar-refractivity contribution < 1.29 is 14.1 Å². The summed E-state index contributed by atoms with van der Waals surface area (Å²) in [6, 6.07) is 17.8. The highest BCUT2D eigenvalue weighted by Gasteiger charge is 2.43. The molecule has 0 radical (unpaired) electrons. The van der Waals surface area contributed by atoms with E-state index in [4.69, 9.17) is 16.1 Å². The largest absolute Gasteiger partial charge is 0.360 e. The van der Waals surface area contributed by atoms with Gasteiger partial charge >= 0.3 is 0 Å². The number of aryl methyl sites for hydroxylation is 1. The molecule has 1 saturated carbocycles. The predicted octanol–water partition coefficient (Wildman–Crippen LogP) is 5.75. The molecule has 210 valence electrons. The molecule has 2 aromatic carbocycles. The number of halogens is 1. The zero-order chi connectivity index (χ0) is 27.6. The number of rotatable bonds is 8. The first-order valence-electron chi connectivity index (χ1n) is 14.6. The molecule has 2 saturated heterocycles. The van der Waals surface area contributed by atoms with Crippen LogP contribution in [-0.2, 0) is 4.79 Å². The summed E-state index contributed by atoms with van der Waals surface area (Å²) in [6.45, 7) is 6.10. The Morgan fingerprint density at radius 3 is 2.38 bits per heavy atom. The van der Waals surface area contributed by atoms with E-state index >= 15 is 0 Å². The fourth-order valence-corrected chi connectivity index (χ4v) is 7.08. The number of benzene rings is 2. The molecule has 3 aliphatic rings. The van der Waals surface area contributed by atoms with Crippen LogP contribution >= 0.6 is 11.6 Å². The van der Waals surface area contributed by atoms with Gasteiger partial charge in [0.05, 0.1) is 11.1 Å². The van der Waals surface area contributed by atoms with Crippen LogP contribution in [0, 0.1) is 24.7 Å². The maximum absolute atomic E-state index is 13.7. The molecule has 3 atom stereocenters. The minimum atomic E-state index is -0.0339. The van der Waals surface area contributed by atoms with Crippen molar-refractivity contribution in [3.63, 3.8) is 0 Å². The monoisotopic (exact) mass is 560 g/mol. The second-order valence-electron chi connectivity index (χ2n) is 11.7. The lowest BCUT2D eigenvalue weighted by molar-refractivity contribution is -0.125. The molecule has 3 heterocycles. The van der Waals surface area contributed by atoms with Crippen LogP contribution in [0.5, 0.6) is 0 Å². The third-order valence-electron chi connectivity index (χ3n) is 9.03. The molecule has 2 unspecified atom stereocenters. The van der Waals surface area contributed by atoms with E-state index < -0.39 is 0 Å². The lowest BCUT2D eigenvalue weighted by Gasteiger charge is -2.25. The number of aromatic nitrogens is 1. The van der Waals surface area contributed by atoms with E-state index in [2.05, 4.69) is 27.5 Å². The second-order valence-corrected chi connectivity index (χ2v) is 12.1. The molecule has 8 heteroatoms. The van der Waals surface area contributed by atoms with Crippen LogP contribution < -0.4 is 5.32 Å². The van der Waals surface area contributed by atoms with Gasteiger partial charge in [-0.1, -0.05) is 78.1 Å². The fraction of sp³-hybridized carbons (Fsp3) is 0.469. The van der Waals surface area contributed by atoms with Crippen molar-refractivity contribution >= 4 is 23.4 Å². The average Bonchev–Trinajstić information content (AvgIpc) is 3.76. The van der Waals surface area contributed by atoms with Crippen LogP contribution in [0.1, 0.15) is 59.8 Å². The lowest BCUT2D eigenvalue weighted by Crippen LogP contribution is -2.36. The molecule has 2 amide bonds. The van der Waals surface area contributed by atoms with E-state index in [0.717, 1.165) is 64.8 Å². The van der Waals surface area contributed by atoms with E-state index in [0.29, 0.717) is 39.4 Å². The van der Waals surface area contributed by atoms with E-state index in [1.807, 2.05) is 41.3 Å². The number of nitrogens with one attached hydrogen (secondary N) is 1. The Kier molecular flexibility index (Phi) is 7.94. The molecule has 1 aromatic heterocycles. The van der Waals surface area contributed by atoms with Gasteiger partial charge < -0.3 is 19.6 Å². The Bertz CT molecular complexity index is 1340. The van der Waals surface area contributed by atoms with Gasteiger partial charge in [0, 0.05) is 44.2 Å². The number of nitrogens with zero attached hydrogens (tertiary/aromatic N) is 3. The van der Waals surface area contributed by atoms with E-state index in [1.54, 1.807) is 13.0 Å². The quantitative estimate of drug-likeness (QED) is 0.380. The summed E-state index contributed by atoms with van der Waals surface area (Å²) < 4.78 is 5.45. The smallest absolute Gasteiger partial charge is 0.259 e. The van der Waals surface area contributed by atoms with Gasteiger partial charge in [0.1, 0.15) is 17.0 Å². The summed E-state index contributed by atoms with van der Waals surface area (Å²) >= 11 is 6.41. The first-order chi connectivity index (χ1) is 19.5. The molecule has 0 bridgehead atoms.